The van der Waals surface area contributed by atoms with Crippen molar-refractivity contribution in [2.24, 2.45) is 17.3 Å². The lowest BCUT2D eigenvalue weighted by Gasteiger charge is -2.40. The van der Waals surface area contributed by atoms with E-state index in [1.165, 1.54) is 6.42 Å². The van der Waals surface area contributed by atoms with Crippen molar-refractivity contribution in [2.45, 2.75) is 59.9 Å². The Morgan fingerprint density at radius 3 is 2.41 bits per heavy atom. The van der Waals surface area contributed by atoms with Gasteiger partial charge in [0.15, 0.2) is 0 Å². The van der Waals surface area contributed by atoms with Crippen LogP contribution < -0.4 is 5.32 Å². The molecule has 1 rings (SSSR count). The van der Waals surface area contributed by atoms with Gasteiger partial charge < -0.3 is 5.32 Å². The van der Waals surface area contributed by atoms with Gasteiger partial charge in [-0.3, -0.25) is 4.79 Å². The fourth-order valence-electron chi connectivity index (χ4n) is 2.84. The van der Waals surface area contributed by atoms with Crippen LogP contribution in [0.3, 0.4) is 0 Å². The Balaban J connectivity index is 2.80. The molecular formula is C15H27NO. The summed E-state index contributed by atoms with van der Waals surface area (Å²) in [7, 11) is 0. The van der Waals surface area contributed by atoms with E-state index in [9.17, 15) is 4.79 Å². The molecule has 0 aromatic rings. The van der Waals surface area contributed by atoms with Gasteiger partial charge in [-0.2, -0.15) is 0 Å². The van der Waals surface area contributed by atoms with Crippen LogP contribution in [0.4, 0.5) is 0 Å². The Hall–Kier alpha value is -0.790. The normalized spacial score (nSPS) is 27.9. The molecule has 1 aliphatic rings. The van der Waals surface area contributed by atoms with Gasteiger partial charge in [-0.25, -0.2) is 0 Å². The third-order valence-electron chi connectivity index (χ3n) is 3.79. The molecule has 0 heterocycles. The first-order chi connectivity index (χ1) is 7.73. The smallest absolute Gasteiger partial charge is 0.223 e. The number of hydrogen-bond acceptors (Lipinski definition) is 1. The highest BCUT2D eigenvalue weighted by atomic mass is 16.1. The zero-order valence-corrected chi connectivity index (χ0v) is 12.0. The van der Waals surface area contributed by atoms with Crippen LogP contribution in [0.15, 0.2) is 12.2 Å². The molecule has 1 fully saturated rings. The number of amides is 1. The molecular weight excluding hydrogens is 210 g/mol. The van der Waals surface area contributed by atoms with Crippen LogP contribution in [0.5, 0.6) is 0 Å². The topological polar surface area (TPSA) is 29.1 Å². The average molecular weight is 237 g/mol. The van der Waals surface area contributed by atoms with E-state index >= 15 is 0 Å². The molecule has 0 saturated heterocycles. The quantitative estimate of drug-likeness (QED) is 0.747. The second kappa shape index (κ2) is 5.24. The van der Waals surface area contributed by atoms with Gasteiger partial charge in [0.05, 0.1) is 0 Å². The van der Waals surface area contributed by atoms with E-state index in [2.05, 4.69) is 32.7 Å². The van der Waals surface area contributed by atoms with Crippen LogP contribution >= 0.6 is 0 Å². The lowest BCUT2D eigenvalue weighted by molar-refractivity contribution is -0.129. The molecule has 2 atom stereocenters. The third-order valence-corrected chi connectivity index (χ3v) is 3.79. The van der Waals surface area contributed by atoms with E-state index in [0.29, 0.717) is 5.92 Å². The standard InChI is InChI=1S/C15H27NO/c1-10(2)12-7-8-15(5,6)9-13(12)14(17)16-11(3)4/h11-13H,1,7-9H2,2-6H3,(H,16,17). The van der Waals surface area contributed by atoms with Gasteiger partial charge in [-0.05, 0) is 51.4 Å². The molecule has 98 valence electrons. The van der Waals surface area contributed by atoms with Crippen LogP contribution in [0.2, 0.25) is 0 Å². The van der Waals surface area contributed by atoms with Gasteiger partial charge in [0.2, 0.25) is 5.91 Å². The monoisotopic (exact) mass is 237 g/mol. The van der Waals surface area contributed by atoms with Gasteiger partial charge in [0.25, 0.3) is 0 Å². The number of allylic oxidation sites excluding steroid dienone is 1. The Kier molecular flexibility index (Phi) is 4.40. The lowest BCUT2D eigenvalue weighted by Crippen LogP contribution is -2.43. The van der Waals surface area contributed by atoms with Gasteiger partial charge in [0, 0.05) is 12.0 Å². The summed E-state index contributed by atoms with van der Waals surface area (Å²) in [5, 5.41) is 3.06. The van der Waals surface area contributed by atoms with Crippen LogP contribution in [0.25, 0.3) is 0 Å². The maximum atomic E-state index is 12.3. The highest BCUT2D eigenvalue weighted by molar-refractivity contribution is 5.79. The molecule has 17 heavy (non-hydrogen) atoms. The van der Waals surface area contributed by atoms with E-state index in [-0.39, 0.29) is 23.3 Å². The summed E-state index contributed by atoms with van der Waals surface area (Å²) in [5.41, 5.74) is 1.44. The fraction of sp³-hybridized carbons (Fsp3) is 0.800. The molecule has 2 nitrogen and oxygen atoms in total. The van der Waals surface area contributed by atoms with Crippen LogP contribution in [-0.2, 0) is 4.79 Å². The maximum absolute atomic E-state index is 12.3. The number of carbonyl (C=O) groups excluding carboxylic acids is 1. The fourth-order valence-corrected chi connectivity index (χ4v) is 2.84. The number of rotatable bonds is 3. The first-order valence-corrected chi connectivity index (χ1v) is 6.69. The SMILES string of the molecule is C=C(C)C1CCC(C)(C)CC1C(=O)NC(C)C. The summed E-state index contributed by atoms with van der Waals surface area (Å²) in [4.78, 5) is 12.3. The molecule has 0 radical (unpaired) electrons. The van der Waals surface area contributed by atoms with Crippen molar-refractivity contribution in [3.63, 3.8) is 0 Å². The zero-order valence-electron chi connectivity index (χ0n) is 12.0. The minimum Gasteiger partial charge on any atom is -0.354 e. The molecule has 0 bridgehead atoms. The van der Waals surface area contributed by atoms with Crippen molar-refractivity contribution in [3.05, 3.63) is 12.2 Å². The highest BCUT2D eigenvalue weighted by Gasteiger charge is 2.39. The summed E-state index contributed by atoms with van der Waals surface area (Å²) in [5.74, 6) is 0.682. The zero-order chi connectivity index (χ0) is 13.2. The van der Waals surface area contributed by atoms with Crippen molar-refractivity contribution >= 4 is 5.91 Å². The lowest BCUT2D eigenvalue weighted by atomic mass is 9.65. The molecule has 2 unspecified atom stereocenters. The maximum Gasteiger partial charge on any atom is 0.223 e. The van der Waals surface area contributed by atoms with Crippen molar-refractivity contribution in [1.29, 1.82) is 0 Å². The Bertz CT molecular complexity index is 304. The summed E-state index contributed by atoms with van der Waals surface area (Å²) >= 11 is 0. The van der Waals surface area contributed by atoms with Gasteiger partial charge in [-0.1, -0.05) is 26.0 Å². The average Bonchev–Trinajstić information content (AvgIpc) is 2.14. The molecule has 0 spiro atoms. The molecule has 1 aliphatic carbocycles. The molecule has 0 aliphatic heterocycles. The minimum atomic E-state index is 0.110. The Morgan fingerprint density at radius 2 is 1.94 bits per heavy atom. The molecule has 1 N–H and O–H groups in total. The number of carbonyl (C=O) groups is 1. The summed E-state index contributed by atoms with van der Waals surface area (Å²) in [6.07, 6.45) is 3.26. The molecule has 0 aromatic heterocycles. The predicted molar refractivity (Wildman–Crippen MR) is 72.7 cm³/mol. The molecule has 1 saturated carbocycles. The van der Waals surface area contributed by atoms with Crippen molar-refractivity contribution in [2.75, 3.05) is 0 Å². The minimum absolute atomic E-state index is 0.110. The first-order valence-electron chi connectivity index (χ1n) is 6.69. The molecule has 2 heteroatoms. The van der Waals surface area contributed by atoms with Gasteiger partial charge in [-0.15, -0.1) is 0 Å². The Morgan fingerprint density at radius 1 is 1.35 bits per heavy atom. The van der Waals surface area contributed by atoms with E-state index in [0.717, 1.165) is 18.4 Å². The van der Waals surface area contributed by atoms with E-state index < -0.39 is 0 Å². The van der Waals surface area contributed by atoms with E-state index in [1.54, 1.807) is 0 Å². The van der Waals surface area contributed by atoms with Crippen LogP contribution in [-0.4, -0.2) is 11.9 Å². The van der Waals surface area contributed by atoms with E-state index in [1.807, 2.05) is 13.8 Å². The summed E-state index contributed by atoms with van der Waals surface area (Å²) < 4.78 is 0. The molecule has 0 aromatic carbocycles. The molecule has 1 amide bonds. The second-order valence-corrected chi connectivity index (χ2v) is 6.63. The number of hydrogen-bond donors (Lipinski definition) is 1. The third kappa shape index (κ3) is 3.86. The van der Waals surface area contributed by atoms with Crippen LogP contribution in [0.1, 0.15) is 53.9 Å². The van der Waals surface area contributed by atoms with Gasteiger partial charge >= 0.3 is 0 Å². The van der Waals surface area contributed by atoms with E-state index in [4.69, 9.17) is 0 Å². The van der Waals surface area contributed by atoms with Gasteiger partial charge in [0.1, 0.15) is 0 Å². The van der Waals surface area contributed by atoms with Crippen molar-refractivity contribution in [3.8, 4) is 0 Å². The highest BCUT2D eigenvalue weighted by Crippen LogP contribution is 2.44. The predicted octanol–water partition coefficient (Wildman–Crippen LogP) is 3.53. The number of nitrogens with one attached hydrogen (secondary N) is 1. The Labute approximate surface area is 106 Å². The van der Waals surface area contributed by atoms with Crippen LogP contribution in [0, 0.1) is 17.3 Å². The summed E-state index contributed by atoms with van der Waals surface area (Å²) in [6, 6.07) is 0.221. The summed E-state index contributed by atoms with van der Waals surface area (Å²) in [6.45, 7) is 14.7. The largest absolute Gasteiger partial charge is 0.354 e. The van der Waals surface area contributed by atoms with Crippen molar-refractivity contribution < 1.29 is 4.79 Å². The van der Waals surface area contributed by atoms with Crippen molar-refractivity contribution in [1.82, 2.24) is 5.32 Å². The second-order valence-electron chi connectivity index (χ2n) is 6.63. The first kappa shape index (κ1) is 14.3.